The normalized spacial score (nSPS) is 18.3. The van der Waals surface area contributed by atoms with Gasteiger partial charge in [-0.25, -0.2) is 8.42 Å². The number of methoxy groups -OCH3 is 1. The Labute approximate surface area is 244 Å². The van der Waals surface area contributed by atoms with Crippen LogP contribution >= 0.6 is 0 Å². The highest BCUT2D eigenvalue weighted by molar-refractivity contribution is 7.91. The smallest absolute Gasteiger partial charge is 0.395 e. The minimum Gasteiger partial charge on any atom is -0.395 e. The number of rotatable bonds is 11. The maximum absolute atomic E-state index is 13.0. The predicted molar refractivity (Wildman–Crippen MR) is 154 cm³/mol. The van der Waals surface area contributed by atoms with Crippen molar-refractivity contribution in [1.82, 2.24) is 0 Å². The van der Waals surface area contributed by atoms with Crippen LogP contribution in [0.2, 0.25) is 0 Å². The lowest BCUT2D eigenvalue weighted by atomic mass is 9.88. The van der Waals surface area contributed by atoms with Gasteiger partial charge in [0.15, 0.2) is 9.84 Å². The topological polar surface area (TPSA) is 110 Å². The summed E-state index contributed by atoms with van der Waals surface area (Å²) in [5.74, 6) is -1.20. The summed E-state index contributed by atoms with van der Waals surface area (Å²) in [4.78, 5) is 14.7. The molecule has 3 aromatic rings. The predicted octanol–water partition coefficient (Wildman–Crippen LogP) is 4.81. The molecule has 7 nitrogen and oxygen atoms in total. The van der Waals surface area contributed by atoms with Crippen LogP contribution in [0.5, 0.6) is 0 Å². The molecule has 1 heterocycles. The average Bonchev–Trinajstić information content (AvgIpc) is 3.35. The zero-order chi connectivity index (χ0) is 30.7. The van der Waals surface area contributed by atoms with E-state index in [1.807, 2.05) is 6.07 Å². The highest BCUT2D eigenvalue weighted by Crippen LogP contribution is 2.36. The molecule has 1 aliphatic heterocycles. The molecule has 1 fully saturated rings. The van der Waals surface area contributed by atoms with E-state index in [4.69, 9.17) is 10.5 Å². The maximum atomic E-state index is 13.0. The Hall–Kier alpha value is -3.41. The molecule has 3 atom stereocenters. The minimum absolute atomic E-state index is 0.0205. The number of sulfone groups is 1. The van der Waals surface area contributed by atoms with Gasteiger partial charge in [0, 0.05) is 30.8 Å². The van der Waals surface area contributed by atoms with Crippen molar-refractivity contribution in [2.24, 2.45) is 11.7 Å². The summed E-state index contributed by atoms with van der Waals surface area (Å²) in [5, 5.41) is 10.4. The largest absolute Gasteiger partial charge is 0.416 e. The van der Waals surface area contributed by atoms with Crippen molar-refractivity contribution in [1.29, 1.82) is 0 Å². The molecule has 0 saturated carbocycles. The number of hydrogen-bond acceptors (Lipinski definition) is 6. The van der Waals surface area contributed by atoms with Gasteiger partial charge in [-0.15, -0.1) is 0 Å². The van der Waals surface area contributed by atoms with E-state index in [2.05, 4.69) is 4.90 Å². The maximum Gasteiger partial charge on any atom is 0.416 e. The van der Waals surface area contributed by atoms with E-state index in [0.717, 1.165) is 29.8 Å². The van der Waals surface area contributed by atoms with Gasteiger partial charge in [0.1, 0.15) is 0 Å². The summed E-state index contributed by atoms with van der Waals surface area (Å²) in [6, 6.07) is 16.7. The van der Waals surface area contributed by atoms with Gasteiger partial charge in [0.2, 0.25) is 5.91 Å². The Kier molecular flexibility index (Phi) is 9.64. The second kappa shape index (κ2) is 12.8. The molecule has 0 radical (unpaired) electrons. The molecule has 3 N–H and O–H groups in total. The number of primary amides is 1. The fraction of sp³-hybridized carbons (Fsp3) is 0.387. The number of carbonyl (C=O) groups is 1. The second-order valence-corrected chi connectivity index (χ2v) is 12.9. The summed E-state index contributed by atoms with van der Waals surface area (Å²) in [7, 11) is -1.80. The van der Waals surface area contributed by atoms with E-state index in [-0.39, 0.29) is 34.8 Å². The van der Waals surface area contributed by atoms with Crippen molar-refractivity contribution in [2.75, 3.05) is 37.5 Å². The highest BCUT2D eigenvalue weighted by atomic mass is 32.2. The molecule has 1 amide bonds. The molecular formula is C31H35F3N2O5S. The third-order valence-corrected chi connectivity index (χ3v) is 9.63. The van der Waals surface area contributed by atoms with Gasteiger partial charge in [-0.3, -0.25) is 4.79 Å². The molecule has 4 rings (SSSR count). The standard InChI is InChI=1S/C31H35F3N2O5S/c1-3-42(39,40)26-11-6-22(7-12-26)29(18-37)28-16-24(10-13-27(28)30(35)38)36-17-21(15-25(36)19-41-2)14-20-4-8-23(9-5-20)31(32,33)34/h4-13,16,21,25,29,37H,3,14-15,17-19H2,1-2H3,(H2,35,38)/t21?,25-,29+/m0/s1. The fourth-order valence-electron chi connectivity index (χ4n) is 5.69. The number of benzene rings is 3. The molecule has 226 valence electrons. The van der Waals surface area contributed by atoms with Crippen molar-refractivity contribution >= 4 is 21.4 Å². The van der Waals surface area contributed by atoms with E-state index < -0.39 is 33.4 Å². The number of alkyl halides is 3. The van der Waals surface area contributed by atoms with Crippen LogP contribution in [-0.4, -0.2) is 58.1 Å². The van der Waals surface area contributed by atoms with Gasteiger partial charge >= 0.3 is 6.18 Å². The Bertz CT molecular complexity index is 1490. The van der Waals surface area contributed by atoms with Crippen LogP contribution in [0, 0.1) is 5.92 Å². The summed E-state index contributed by atoms with van der Waals surface area (Å²) in [6.45, 7) is 2.25. The van der Waals surface area contributed by atoms with Gasteiger partial charge in [0.05, 0.1) is 35.5 Å². The average molecular weight is 605 g/mol. The monoisotopic (exact) mass is 604 g/mol. The molecule has 1 saturated heterocycles. The van der Waals surface area contributed by atoms with Crippen LogP contribution < -0.4 is 10.6 Å². The number of nitrogens with two attached hydrogens (primary N) is 1. The lowest BCUT2D eigenvalue weighted by molar-refractivity contribution is -0.137. The van der Waals surface area contributed by atoms with Crippen LogP contribution in [0.1, 0.15) is 51.9 Å². The lowest BCUT2D eigenvalue weighted by Gasteiger charge is -2.28. The number of nitrogens with zero attached hydrogens (tertiary/aromatic N) is 1. The van der Waals surface area contributed by atoms with Gasteiger partial charge < -0.3 is 20.5 Å². The number of amides is 1. The van der Waals surface area contributed by atoms with E-state index in [1.54, 1.807) is 38.3 Å². The quantitative estimate of drug-likeness (QED) is 0.325. The Morgan fingerprint density at radius 3 is 2.31 bits per heavy atom. The van der Waals surface area contributed by atoms with Crippen LogP contribution in [0.25, 0.3) is 0 Å². The molecule has 11 heteroatoms. The SMILES string of the molecule is CCS(=O)(=O)c1ccc([C@@H](CO)c2cc(N3CC(Cc4ccc(C(F)(F)F)cc4)C[C@H]3COC)ccc2C(N)=O)cc1. The minimum atomic E-state index is -4.39. The molecule has 0 spiro atoms. The first-order chi connectivity index (χ1) is 19.9. The van der Waals surface area contributed by atoms with Crippen molar-refractivity contribution in [2.45, 2.75) is 42.8 Å². The van der Waals surface area contributed by atoms with Crippen LogP contribution in [0.15, 0.2) is 71.6 Å². The first kappa shape index (κ1) is 31.5. The van der Waals surface area contributed by atoms with E-state index in [0.29, 0.717) is 30.7 Å². The number of aliphatic hydroxyl groups is 1. The molecule has 0 aromatic heterocycles. The first-order valence-corrected chi connectivity index (χ1v) is 15.3. The Balaban J connectivity index is 1.64. The number of carbonyl (C=O) groups excluding carboxylic acids is 1. The number of aliphatic hydroxyl groups excluding tert-OH is 1. The summed E-state index contributed by atoms with van der Waals surface area (Å²) < 4.78 is 69.0. The number of ether oxygens (including phenoxy) is 1. The van der Waals surface area contributed by atoms with E-state index in [9.17, 15) is 31.5 Å². The van der Waals surface area contributed by atoms with E-state index >= 15 is 0 Å². The van der Waals surface area contributed by atoms with Crippen molar-refractivity contribution in [3.8, 4) is 0 Å². The van der Waals surface area contributed by atoms with Crippen LogP contribution in [0.3, 0.4) is 0 Å². The van der Waals surface area contributed by atoms with Crippen molar-refractivity contribution < 1.29 is 36.2 Å². The molecule has 42 heavy (non-hydrogen) atoms. The number of halogens is 3. The number of hydrogen-bond donors (Lipinski definition) is 2. The highest BCUT2D eigenvalue weighted by Gasteiger charge is 2.34. The van der Waals surface area contributed by atoms with Crippen molar-refractivity contribution in [3.63, 3.8) is 0 Å². The molecule has 1 aliphatic rings. The third-order valence-electron chi connectivity index (χ3n) is 7.88. The molecule has 0 aliphatic carbocycles. The fourth-order valence-corrected chi connectivity index (χ4v) is 6.57. The molecular weight excluding hydrogens is 569 g/mol. The van der Waals surface area contributed by atoms with Crippen LogP contribution in [-0.2, 0) is 27.2 Å². The molecule has 1 unspecified atom stereocenters. The Morgan fingerprint density at radius 1 is 1.10 bits per heavy atom. The van der Waals surface area contributed by atoms with Gasteiger partial charge in [-0.1, -0.05) is 31.2 Å². The van der Waals surface area contributed by atoms with Gasteiger partial charge in [-0.05, 0) is 77.9 Å². The molecule has 0 bridgehead atoms. The summed E-state index contributed by atoms with van der Waals surface area (Å²) >= 11 is 0. The second-order valence-electron chi connectivity index (χ2n) is 10.6. The van der Waals surface area contributed by atoms with Crippen molar-refractivity contribution in [3.05, 3.63) is 94.5 Å². The number of anilines is 1. The van der Waals surface area contributed by atoms with E-state index in [1.165, 1.54) is 24.3 Å². The Morgan fingerprint density at radius 2 is 1.76 bits per heavy atom. The third kappa shape index (κ3) is 6.96. The lowest BCUT2D eigenvalue weighted by Crippen LogP contribution is -2.33. The zero-order valence-corrected chi connectivity index (χ0v) is 24.3. The summed E-state index contributed by atoms with van der Waals surface area (Å²) in [6.07, 6.45) is -3.05. The zero-order valence-electron chi connectivity index (χ0n) is 23.5. The van der Waals surface area contributed by atoms with Gasteiger partial charge in [-0.2, -0.15) is 13.2 Å². The van der Waals surface area contributed by atoms with Gasteiger partial charge in [0.25, 0.3) is 0 Å². The summed E-state index contributed by atoms with van der Waals surface area (Å²) in [5.41, 5.74) is 8.00. The molecule has 3 aromatic carbocycles. The first-order valence-electron chi connectivity index (χ1n) is 13.7. The van der Waals surface area contributed by atoms with Crippen LogP contribution in [0.4, 0.5) is 18.9 Å².